The van der Waals surface area contributed by atoms with Crippen molar-refractivity contribution in [2.75, 3.05) is 46.4 Å². The molecule has 0 bridgehead atoms. The van der Waals surface area contributed by atoms with Crippen LogP contribution < -0.4 is 9.80 Å². The standard InChI is InChI=1S/C18H28N2O2/c1-19-9-11-20(12-10-19)13-16(21)14-22-18-8-4-6-15-5-2-3-7-17(15)18/h2-3,5,7,16,18,21H,4,6,8-14H2,1H3/p+2/t16-,18+/m0/s1. The molecular formula is C18H30N2O2+2. The zero-order valence-corrected chi connectivity index (χ0v) is 13.7. The highest BCUT2D eigenvalue weighted by Gasteiger charge is 2.25. The maximum atomic E-state index is 10.3. The average molecular weight is 306 g/mol. The van der Waals surface area contributed by atoms with E-state index in [9.17, 15) is 5.11 Å². The summed E-state index contributed by atoms with van der Waals surface area (Å²) in [5.41, 5.74) is 2.75. The number of hydrogen-bond donors (Lipinski definition) is 3. The number of piperazine rings is 1. The lowest BCUT2D eigenvalue weighted by molar-refractivity contribution is -1.00. The van der Waals surface area contributed by atoms with Crippen LogP contribution in [0.2, 0.25) is 0 Å². The predicted octanol–water partition coefficient (Wildman–Crippen LogP) is -1.15. The van der Waals surface area contributed by atoms with Gasteiger partial charge in [-0.25, -0.2) is 0 Å². The van der Waals surface area contributed by atoms with Crippen molar-refractivity contribution in [3.05, 3.63) is 35.4 Å². The van der Waals surface area contributed by atoms with Gasteiger partial charge in [-0.15, -0.1) is 0 Å². The Morgan fingerprint density at radius 1 is 1.23 bits per heavy atom. The van der Waals surface area contributed by atoms with Crippen LogP contribution >= 0.6 is 0 Å². The first-order valence-corrected chi connectivity index (χ1v) is 8.74. The van der Waals surface area contributed by atoms with Crippen LogP contribution in [0.15, 0.2) is 24.3 Å². The summed E-state index contributed by atoms with van der Waals surface area (Å²) in [6.07, 6.45) is 3.25. The van der Waals surface area contributed by atoms with Gasteiger partial charge in [0.05, 0.1) is 19.8 Å². The Labute approximate surface area is 133 Å². The average Bonchev–Trinajstić information content (AvgIpc) is 2.55. The van der Waals surface area contributed by atoms with E-state index in [1.165, 1.54) is 35.5 Å². The van der Waals surface area contributed by atoms with Gasteiger partial charge in [0.25, 0.3) is 0 Å². The Morgan fingerprint density at radius 2 is 2.00 bits per heavy atom. The number of quaternary nitrogens is 2. The monoisotopic (exact) mass is 306 g/mol. The van der Waals surface area contributed by atoms with Crippen molar-refractivity contribution in [1.82, 2.24) is 0 Å². The predicted molar refractivity (Wildman–Crippen MR) is 86.3 cm³/mol. The first kappa shape index (κ1) is 15.9. The van der Waals surface area contributed by atoms with Crippen LogP contribution in [0.3, 0.4) is 0 Å². The molecule has 0 spiro atoms. The van der Waals surface area contributed by atoms with Gasteiger partial charge in [-0.1, -0.05) is 24.3 Å². The van der Waals surface area contributed by atoms with Gasteiger partial charge in [-0.2, -0.15) is 0 Å². The van der Waals surface area contributed by atoms with Crippen LogP contribution in [0.5, 0.6) is 0 Å². The molecule has 22 heavy (non-hydrogen) atoms. The number of rotatable bonds is 5. The molecule has 122 valence electrons. The summed E-state index contributed by atoms with van der Waals surface area (Å²) in [6, 6.07) is 8.58. The van der Waals surface area contributed by atoms with Crippen LogP contribution in [-0.4, -0.2) is 57.6 Å². The fourth-order valence-electron chi connectivity index (χ4n) is 3.74. The van der Waals surface area contributed by atoms with E-state index in [4.69, 9.17) is 4.74 Å². The normalized spacial score (nSPS) is 29.8. The smallest absolute Gasteiger partial charge is 0.127 e. The fourth-order valence-corrected chi connectivity index (χ4v) is 3.74. The maximum absolute atomic E-state index is 10.3. The molecule has 2 aliphatic rings. The number of aliphatic hydroxyl groups excluding tert-OH is 1. The van der Waals surface area contributed by atoms with Gasteiger partial charge in [-0.3, -0.25) is 0 Å². The highest BCUT2D eigenvalue weighted by atomic mass is 16.5. The minimum absolute atomic E-state index is 0.173. The van der Waals surface area contributed by atoms with E-state index in [0.717, 1.165) is 32.5 Å². The number of likely N-dealkylation sites (N-methyl/N-ethyl adjacent to an activating group) is 1. The van der Waals surface area contributed by atoms with Crippen molar-refractivity contribution in [3.63, 3.8) is 0 Å². The zero-order chi connectivity index (χ0) is 15.4. The summed E-state index contributed by atoms with van der Waals surface area (Å²) in [6.45, 7) is 6.02. The molecule has 4 nitrogen and oxygen atoms in total. The second-order valence-corrected chi connectivity index (χ2v) is 6.98. The molecule has 3 N–H and O–H groups in total. The lowest BCUT2D eigenvalue weighted by Crippen LogP contribution is -3.27. The summed E-state index contributed by atoms with van der Waals surface area (Å²) in [5, 5.41) is 10.3. The molecule has 1 aromatic rings. The highest BCUT2D eigenvalue weighted by Crippen LogP contribution is 2.32. The first-order chi connectivity index (χ1) is 10.7. The van der Waals surface area contributed by atoms with Crippen molar-refractivity contribution >= 4 is 0 Å². The second kappa shape index (κ2) is 7.55. The number of aliphatic hydroxyl groups is 1. The Balaban J connectivity index is 1.46. The summed E-state index contributed by atoms with van der Waals surface area (Å²) in [5.74, 6) is 0. The lowest BCUT2D eigenvalue weighted by Gasteiger charge is -2.30. The Bertz CT molecular complexity index is 472. The van der Waals surface area contributed by atoms with Gasteiger partial charge in [0.15, 0.2) is 0 Å². The van der Waals surface area contributed by atoms with E-state index in [-0.39, 0.29) is 12.2 Å². The van der Waals surface area contributed by atoms with Crippen molar-refractivity contribution in [2.24, 2.45) is 0 Å². The summed E-state index contributed by atoms with van der Waals surface area (Å²) in [4.78, 5) is 3.12. The molecule has 1 aliphatic carbocycles. The number of nitrogens with one attached hydrogen (secondary N) is 2. The molecule has 4 heteroatoms. The van der Waals surface area contributed by atoms with E-state index in [1.54, 1.807) is 4.90 Å². The number of benzene rings is 1. The molecule has 1 aliphatic heterocycles. The van der Waals surface area contributed by atoms with E-state index >= 15 is 0 Å². The first-order valence-electron chi connectivity index (χ1n) is 8.74. The van der Waals surface area contributed by atoms with Gasteiger partial charge in [0.2, 0.25) is 0 Å². The molecule has 0 radical (unpaired) electrons. The molecule has 0 aromatic heterocycles. The lowest BCUT2D eigenvalue weighted by atomic mass is 9.89. The van der Waals surface area contributed by atoms with Gasteiger partial charge in [0.1, 0.15) is 38.8 Å². The Hall–Kier alpha value is -0.940. The van der Waals surface area contributed by atoms with Gasteiger partial charge >= 0.3 is 0 Å². The SMILES string of the molecule is C[NH+]1CC[NH+](C[C@H](O)CO[C@@H]2CCCc3ccccc32)CC1. The number of ether oxygens (including phenoxy) is 1. The summed E-state index contributed by atoms with van der Waals surface area (Å²) < 4.78 is 6.07. The third kappa shape index (κ3) is 4.07. The molecule has 1 fully saturated rings. The largest absolute Gasteiger partial charge is 0.385 e. The number of fused-ring (bicyclic) bond motifs is 1. The Kier molecular flexibility index (Phi) is 5.47. The molecule has 1 heterocycles. The molecule has 0 saturated carbocycles. The molecule has 0 unspecified atom stereocenters. The molecule has 1 aromatic carbocycles. The van der Waals surface area contributed by atoms with Crippen molar-refractivity contribution < 1.29 is 19.6 Å². The topological polar surface area (TPSA) is 38.3 Å². The van der Waals surface area contributed by atoms with Gasteiger partial charge < -0.3 is 19.6 Å². The van der Waals surface area contributed by atoms with Crippen molar-refractivity contribution in [3.8, 4) is 0 Å². The van der Waals surface area contributed by atoms with E-state index < -0.39 is 0 Å². The van der Waals surface area contributed by atoms with E-state index in [2.05, 4.69) is 31.3 Å². The highest BCUT2D eigenvalue weighted by molar-refractivity contribution is 5.31. The zero-order valence-electron chi connectivity index (χ0n) is 13.7. The van der Waals surface area contributed by atoms with E-state index in [0.29, 0.717) is 6.61 Å². The van der Waals surface area contributed by atoms with Gasteiger partial charge in [-0.05, 0) is 30.4 Å². The van der Waals surface area contributed by atoms with Gasteiger partial charge in [0, 0.05) is 0 Å². The molecule has 2 atom stereocenters. The van der Waals surface area contributed by atoms with Crippen LogP contribution in [-0.2, 0) is 11.2 Å². The molecule has 3 rings (SSSR count). The van der Waals surface area contributed by atoms with Crippen molar-refractivity contribution in [2.45, 2.75) is 31.5 Å². The van der Waals surface area contributed by atoms with Crippen LogP contribution in [0, 0.1) is 0 Å². The fraction of sp³-hybridized carbons (Fsp3) is 0.667. The third-order valence-electron chi connectivity index (χ3n) is 5.14. The minimum Gasteiger partial charge on any atom is -0.385 e. The third-order valence-corrected chi connectivity index (χ3v) is 5.14. The minimum atomic E-state index is -0.345. The van der Waals surface area contributed by atoms with Crippen LogP contribution in [0.1, 0.15) is 30.1 Å². The van der Waals surface area contributed by atoms with Crippen LogP contribution in [0.25, 0.3) is 0 Å². The summed E-state index contributed by atoms with van der Waals surface area (Å²) in [7, 11) is 2.25. The van der Waals surface area contributed by atoms with Crippen molar-refractivity contribution in [1.29, 1.82) is 0 Å². The van der Waals surface area contributed by atoms with Crippen LogP contribution in [0.4, 0.5) is 0 Å². The molecule has 1 saturated heterocycles. The van der Waals surface area contributed by atoms with E-state index in [1.807, 2.05) is 0 Å². The molecular weight excluding hydrogens is 276 g/mol. The Morgan fingerprint density at radius 3 is 2.82 bits per heavy atom. The second-order valence-electron chi connectivity index (χ2n) is 6.98. The maximum Gasteiger partial charge on any atom is 0.127 e. The number of hydrogen-bond acceptors (Lipinski definition) is 2. The quantitative estimate of drug-likeness (QED) is 0.643. The molecule has 0 amide bonds. The number of aryl methyl sites for hydroxylation is 1. The summed E-state index contributed by atoms with van der Waals surface area (Å²) >= 11 is 0.